The van der Waals surface area contributed by atoms with E-state index in [1.54, 1.807) is 18.7 Å². The molecule has 0 atom stereocenters. The summed E-state index contributed by atoms with van der Waals surface area (Å²) >= 11 is 0. The van der Waals surface area contributed by atoms with Crippen molar-refractivity contribution in [3.8, 4) is 0 Å². The minimum Gasteiger partial charge on any atom is -0.390 e. The highest BCUT2D eigenvalue weighted by Gasteiger charge is 2.23. The first-order chi connectivity index (χ1) is 5.99. The molecule has 1 radical (unpaired) electrons. The van der Waals surface area contributed by atoms with E-state index in [0.717, 1.165) is 13.1 Å². The van der Waals surface area contributed by atoms with Gasteiger partial charge < -0.3 is 10.0 Å². The van der Waals surface area contributed by atoms with Crippen LogP contribution in [-0.4, -0.2) is 47.7 Å². The van der Waals surface area contributed by atoms with Crippen LogP contribution in [0.15, 0.2) is 0 Å². The zero-order valence-electron chi connectivity index (χ0n) is 8.29. The minimum atomic E-state index is -0.897. The molecule has 0 aromatic heterocycles. The molecule has 1 heterocycles. The molecule has 4 heteroatoms. The Morgan fingerprint density at radius 3 is 2.46 bits per heavy atom. The highest BCUT2D eigenvalue weighted by atomic mass is 16.3. The Hall–Kier alpha value is -0.610. The lowest BCUT2D eigenvalue weighted by Gasteiger charge is -2.28. The molecule has 0 aromatic rings. The fourth-order valence-corrected chi connectivity index (χ4v) is 1.34. The SMILES string of the molecule is CC(C)(O)CC(=O)N1CC[N]CC1. The zero-order chi connectivity index (χ0) is 9.90. The molecule has 1 amide bonds. The van der Waals surface area contributed by atoms with E-state index in [9.17, 15) is 9.90 Å². The average molecular weight is 185 g/mol. The molecule has 1 saturated heterocycles. The second-order valence-corrected chi connectivity index (χ2v) is 4.04. The molecular formula is C9H17N2O2. The van der Waals surface area contributed by atoms with Gasteiger partial charge in [-0.1, -0.05) is 0 Å². The molecule has 0 unspecified atom stereocenters. The molecule has 0 aliphatic carbocycles. The number of nitrogens with zero attached hydrogens (tertiary/aromatic N) is 2. The first kappa shape index (κ1) is 10.5. The highest BCUT2D eigenvalue weighted by Crippen LogP contribution is 2.10. The van der Waals surface area contributed by atoms with E-state index >= 15 is 0 Å². The first-order valence-corrected chi connectivity index (χ1v) is 4.62. The number of carbonyl (C=O) groups is 1. The molecule has 0 saturated carbocycles. The topological polar surface area (TPSA) is 54.6 Å². The number of aliphatic hydroxyl groups is 1. The van der Waals surface area contributed by atoms with Gasteiger partial charge in [-0.05, 0) is 13.8 Å². The Balaban J connectivity index is 2.38. The van der Waals surface area contributed by atoms with Crippen LogP contribution in [0.1, 0.15) is 20.3 Å². The van der Waals surface area contributed by atoms with Crippen LogP contribution in [0.2, 0.25) is 0 Å². The van der Waals surface area contributed by atoms with Gasteiger partial charge in [0.2, 0.25) is 5.91 Å². The molecule has 1 aliphatic rings. The van der Waals surface area contributed by atoms with Crippen LogP contribution < -0.4 is 5.32 Å². The van der Waals surface area contributed by atoms with Crippen molar-refractivity contribution in [2.75, 3.05) is 26.2 Å². The van der Waals surface area contributed by atoms with E-state index in [-0.39, 0.29) is 12.3 Å². The van der Waals surface area contributed by atoms with Crippen molar-refractivity contribution >= 4 is 5.91 Å². The van der Waals surface area contributed by atoms with Gasteiger partial charge in [0.1, 0.15) is 0 Å². The van der Waals surface area contributed by atoms with Crippen molar-refractivity contribution in [3.05, 3.63) is 0 Å². The van der Waals surface area contributed by atoms with Crippen LogP contribution in [0, 0.1) is 0 Å². The summed E-state index contributed by atoms with van der Waals surface area (Å²) in [7, 11) is 0. The Morgan fingerprint density at radius 2 is 2.00 bits per heavy atom. The van der Waals surface area contributed by atoms with Gasteiger partial charge in [-0.3, -0.25) is 4.79 Å². The van der Waals surface area contributed by atoms with Gasteiger partial charge >= 0.3 is 0 Å². The Kier molecular flexibility index (Phi) is 3.27. The summed E-state index contributed by atoms with van der Waals surface area (Å²) in [6.45, 7) is 6.18. The maximum Gasteiger partial charge on any atom is 0.225 e. The van der Waals surface area contributed by atoms with Gasteiger partial charge in [0.05, 0.1) is 12.0 Å². The predicted octanol–water partition coefficient (Wildman–Crippen LogP) is -0.406. The lowest BCUT2D eigenvalue weighted by Crippen LogP contribution is -2.45. The Bertz CT molecular complexity index is 181. The summed E-state index contributed by atoms with van der Waals surface area (Å²) in [5.74, 6) is 0.0300. The quantitative estimate of drug-likeness (QED) is 0.636. The third-order valence-corrected chi connectivity index (χ3v) is 1.99. The van der Waals surface area contributed by atoms with E-state index in [0.29, 0.717) is 13.1 Å². The van der Waals surface area contributed by atoms with Gasteiger partial charge in [0, 0.05) is 26.2 Å². The number of hydrogen-bond acceptors (Lipinski definition) is 2. The van der Waals surface area contributed by atoms with Crippen LogP contribution in [0.5, 0.6) is 0 Å². The van der Waals surface area contributed by atoms with E-state index in [4.69, 9.17) is 0 Å². The molecule has 0 aromatic carbocycles. The highest BCUT2D eigenvalue weighted by molar-refractivity contribution is 5.77. The third kappa shape index (κ3) is 3.74. The second kappa shape index (κ2) is 4.07. The average Bonchev–Trinajstić information content (AvgIpc) is 2.03. The number of carbonyl (C=O) groups excluding carboxylic acids is 1. The lowest BCUT2D eigenvalue weighted by molar-refractivity contribution is -0.135. The van der Waals surface area contributed by atoms with E-state index in [2.05, 4.69) is 5.32 Å². The molecule has 0 bridgehead atoms. The van der Waals surface area contributed by atoms with Crippen molar-refractivity contribution in [1.82, 2.24) is 10.2 Å². The zero-order valence-corrected chi connectivity index (χ0v) is 8.29. The van der Waals surface area contributed by atoms with E-state index < -0.39 is 5.60 Å². The summed E-state index contributed by atoms with van der Waals surface area (Å²) in [6, 6.07) is 0. The summed E-state index contributed by atoms with van der Waals surface area (Å²) in [6.07, 6.45) is 0.201. The molecule has 13 heavy (non-hydrogen) atoms. The molecule has 1 rings (SSSR count). The largest absolute Gasteiger partial charge is 0.390 e. The van der Waals surface area contributed by atoms with Crippen molar-refractivity contribution in [1.29, 1.82) is 0 Å². The Labute approximate surface area is 78.9 Å². The van der Waals surface area contributed by atoms with E-state index in [1.165, 1.54) is 0 Å². The van der Waals surface area contributed by atoms with Gasteiger partial charge in [0.25, 0.3) is 0 Å². The van der Waals surface area contributed by atoms with Crippen molar-refractivity contribution in [3.63, 3.8) is 0 Å². The smallest absolute Gasteiger partial charge is 0.225 e. The van der Waals surface area contributed by atoms with Gasteiger partial charge in [-0.15, -0.1) is 0 Å². The van der Waals surface area contributed by atoms with E-state index in [1.807, 2.05) is 0 Å². The molecule has 0 spiro atoms. The van der Waals surface area contributed by atoms with Gasteiger partial charge in [-0.2, -0.15) is 0 Å². The summed E-state index contributed by atoms with van der Waals surface area (Å²) in [5.41, 5.74) is -0.897. The Morgan fingerprint density at radius 1 is 1.46 bits per heavy atom. The van der Waals surface area contributed by atoms with Crippen molar-refractivity contribution < 1.29 is 9.90 Å². The first-order valence-electron chi connectivity index (χ1n) is 4.62. The van der Waals surface area contributed by atoms with Crippen molar-refractivity contribution in [2.45, 2.75) is 25.9 Å². The molecular weight excluding hydrogens is 168 g/mol. The fraction of sp³-hybridized carbons (Fsp3) is 0.889. The molecule has 4 nitrogen and oxygen atoms in total. The maximum atomic E-state index is 11.5. The summed E-state index contributed by atoms with van der Waals surface area (Å²) < 4.78 is 0. The predicted molar refractivity (Wildman–Crippen MR) is 49.4 cm³/mol. The molecule has 1 N–H and O–H groups in total. The monoisotopic (exact) mass is 185 g/mol. The minimum absolute atomic E-state index is 0.0300. The van der Waals surface area contributed by atoms with Gasteiger partial charge in [-0.25, -0.2) is 5.32 Å². The molecule has 75 valence electrons. The normalized spacial score (nSPS) is 18.8. The number of amides is 1. The number of piperazine rings is 1. The summed E-state index contributed by atoms with van der Waals surface area (Å²) in [5, 5.41) is 13.6. The molecule has 1 aliphatic heterocycles. The number of hydrogen-bond donors (Lipinski definition) is 1. The van der Waals surface area contributed by atoms with Crippen molar-refractivity contribution in [2.24, 2.45) is 0 Å². The van der Waals surface area contributed by atoms with Crippen LogP contribution in [-0.2, 0) is 4.79 Å². The van der Waals surface area contributed by atoms with Crippen LogP contribution in [0.4, 0.5) is 0 Å². The summed E-state index contributed by atoms with van der Waals surface area (Å²) in [4.78, 5) is 13.3. The second-order valence-electron chi connectivity index (χ2n) is 4.04. The third-order valence-electron chi connectivity index (χ3n) is 1.99. The fourth-order valence-electron chi connectivity index (χ4n) is 1.34. The molecule has 1 fully saturated rings. The van der Waals surface area contributed by atoms with Crippen LogP contribution in [0.25, 0.3) is 0 Å². The van der Waals surface area contributed by atoms with Crippen LogP contribution in [0.3, 0.4) is 0 Å². The lowest BCUT2D eigenvalue weighted by atomic mass is 10.0. The number of rotatable bonds is 2. The van der Waals surface area contributed by atoms with Crippen LogP contribution >= 0.6 is 0 Å². The maximum absolute atomic E-state index is 11.5. The van der Waals surface area contributed by atoms with Gasteiger partial charge in [0.15, 0.2) is 0 Å². The standard InChI is InChI=1S/C9H17N2O2/c1-9(2,13)7-8(12)11-5-3-10-4-6-11/h13H,3-7H2,1-2H3.